The molecular formula is C21H20N4O3S. The van der Waals surface area contributed by atoms with Gasteiger partial charge in [0.1, 0.15) is 0 Å². The lowest BCUT2D eigenvalue weighted by atomic mass is 10.0. The molecule has 0 aliphatic carbocycles. The Bertz CT molecular complexity index is 1110. The molecule has 0 bridgehead atoms. The third-order valence-corrected chi connectivity index (χ3v) is 5.11. The van der Waals surface area contributed by atoms with Crippen LogP contribution in [0, 0.1) is 6.92 Å². The second-order valence-corrected chi connectivity index (χ2v) is 7.72. The Morgan fingerprint density at radius 3 is 2.21 bits per heavy atom. The molecule has 7 nitrogen and oxygen atoms in total. The lowest BCUT2D eigenvalue weighted by Crippen LogP contribution is -2.33. The Morgan fingerprint density at radius 1 is 0.931 bits per heavy atom. The summed E-state index contributed by atoms with van der Waals surface area (Å²) in [4.78, 5) is 0.00501. The third kappa shape index (κ3) is 5.74. The highest BCUT2D eigenvalue weighted by molar-refractivity contribution is 7.86. The first-order chi connectivity index (χ1) is 13.9. The monoisotopic (exact) mass is 408 g/mol. The van der Waals surface area contributed by atoms with Gasteiger partial charge in [0.25, 0.3) is 0 Å². The maximum atomic E-state index is 12.1. The van der Waals surface area contributed by atoms with Crippen molar-refractivity contribution in [3.63, 3.8) is 0 Å². The van der Waals surface area contributed by atoms with Crippen LogP contribution in [0.1, 0.15) is 11.1 Å². The van der Waals surface area contributed by atoms with Gasteiger partial charge in [-0.25, -0.2) is 5.48 Å². The first-order valence-corrected chi connectivity index (χ1v) is 10.1. The average molecular weight is 408 g/mol. The number of rotatable bonds is 6. The quantitative estimate of drug-likeness (QED) is 0.370. The Kier molecular flexibility index (Phi) is 6.38. The highest BCUT2D eigenvalue weighted by atomic mass is 32.2. The fourth-order valence-corrected chi connectivity index (χ4v) is 3.18. The molecule has 0 aliphatic rings. The molecule has 3 rings (SSSR count). The zero-order chi connectivity index (χ0) is 20.7. The van der Waals surface area contributed by atoms with Crippen LogP contribution in [0.3, 0.4) is 0 Å². The zero-order valence-corrected chi connectivity index (χ0v) is 16.5. The van der Waals surface area contributed by atoms with E-state index < -0.39 is 10.1 Å². The first kappa shape index (κ1) is 20.2. The van der Waals surface area contributed by atoms with Crippen molar-refractivity contribution in [1.82, 2.24) is 5.48 Å². The smallest absolute Gasteiger partial charge is 0.317 e. The Morgan fingerprint density at radius 2 is 1.55 bits per heavy atom. The molecule has 3 N–H and O–H groups in total. The number of nitrogens with zero attached hydrogens (tertiary/aromatic N) is 2. The van der Waals surface area contributed by atoms with Gasteiger partial charge in [0.15, 0.2) is 0 Å². The number of hydrogen-bond donors (Lipinski definition) is 2. The van der Waals surface area contributed by atoms with Crippen molar-refractivity contribution < 1.29 is 12.7 Å². The van der Waals surface area contributed by atoms with Crippen LogP contribution in [-0.2, 0) is 14.4 Å². The number of nitrogens with one attached hydrogen (secondary N) is 1. The van der Waals surface area contributed by atoms with Crippen LogP contribution in [0.25, 0.3) is 11.1 Å². The van der Waals surface area contributed by atoms with E-state index in [1.54, 1.807) is 12.1 Å². The van der Waals surface area contributed by atoms with Crippen molar-refractivity contribution in [1.29, 1.82) is 0 Å². The van der Waals surface area contributed by atoms with E-state index in [-0.39, 0.29) is 10.9 Å². The number of nitrogens with two attached hydrogens (primary N) is 1. The van der Waals surface area contributed by atoms with E-state index in [1.165, 1.54) is 18.3 Å². The Labute approximate surface area is 169 Å². The van der Waals surface area contributed by atoms with E-state index in [2.05, 4.69) is 20.0 Å². The number of hydrogen-bond acceptors (Lipinski definition) is 5. The van der Waals surface area contributed by atoms with Crippen molar-refractivity contribution in [2.24, 2.45) is 15.9 Å². The van der Waals surface area contributed by atoms with Gasteiger partial charge in [-0.15, -0.1) is 9.39 Å². The summed E-state index contributed by atoms with van der Waals surface area (Å²) in [6.07, 6.45) is 1.50. The summed E-state index contributed by atoms with van der Waals surface area (Å²) < 4.78 is 28.8. The summed E-state index contributed by atoms with van der Waals surface area (Å²) in [5.41, 5.74) is 11.6. The minimum atomic E-state index is -4.00. The van der Waals surface area contributed by atoms with Gasteiger partial charge in [0, 0.05) is 0 Å². The topological polar surface area (TPSA) is 106 Å². The predicted octanol–water partition coefficient (Wildman–Crippen LogP) is 3.22. The van der Waals surface area contributed by atoms with Crippen LogP contribution >= 0.6 is 0 Å². The third-order valence-electron chi connectivity index (χ3n) is 3.96. The van der Waals surface area contributed by atoms with Gasteiger partial charge in [0.2, 0.25) is 5.96 Å². The molecule has 0 atom stereocenters. The van der Waals surface area contributed by atoms with Crippen molar-refractivity contribution in [2.75, 3.05) is 0 Å². The highest BCUT2D eigenvalue weighted by Gasteiger charge is 2.15. The summed E-state index contributed by atoms with van der Waals surface area (Å²) in [5, 5.41) is 7.50. The molecule has 0 spiro atoms. The van der Waals surface area contributed by atoms with Crippen LogP contribution < -0.4 is 11.2 Å². The summed E-state index contributed by atoms with van der Waals surface area (Å²) in [5.74, 6) is -0.294. The molecule has 0 aromatic heterocycles. The first-order valence-electron chi connectivity index (χ1n) is 8.72. The largest absolute Gasteiger partial charge is 0.367 e. The summed E-state index contributed by atoms with van der Waals surface area (Å²) in [6, 6.07) is 23.9. The zero-order valence-electron chi connectivity index (χ0n) is 15.7. The van der Waals surface area contributed by atoms with E-state index >= 15 is 0 Å². The van der Waals surface area contributed by atoms with Crippen LogP contribution in [-0.4, -0.2) is 20.6 Å². The van der Waals surface area contributed by atoms with Crippen molar-refractivity contribution in [3.05, 3.63) is 90.0 Å². The predicted molar refractivity (Wildman–Crippen MR) is 114 cm³/mol. The van der Waals surface area contributed by atoms with Crippen molar-refractivity contribution >= 4 is 22.3 Å². The standard InChI is InChI=1S/C21H20N4O3S/c1-16-7-13-20(14-8-16)29(26,27)28-25-21(22)24-23-15-17-9-11-19(12-10-17)18-5-3-2-4-6-18/h2-15H,1H3,(H3,22,24,25). The lowest BCUT2D eigenvalue weighted by molar-refractivity contribution is 0.266. The minimum Gasteiger partial charge on any atom is -0.367 e. The van der Waals surface area contributed by atoms with E-state index in [0.29, 0.717) is 0 Å². The normalized spacial score (nSPS) is 12.2. The second-order valence-electron chi connectivity index (χ2n) is 6.17. The molecule has 0 heterocycles. The van der Waals surface area contributed by atoms with Crippen molar-refractivity contribution in [3.8, 4) is 11.1 Å². The molecule has 0 fully saturated rings. The van der Waals surface area contributed by atoms with Gasteiger partial charge in [-0.2, -0.15) is 13.5 Å². The molecular weight excluding hydrogens is 388 g/mol. The average Bonchev–Trinajstić information content (AvgIpc) is 2.74. The Hall–Kier alpha value is -3.49. The molecule has 0 amide bonds. The van der Waals surface area contributed by atoms with Crippen LogP contribution in [0.5, 0.6) is 0 Å². The van der Waals surface area contributed by atoms with E-state index in [0.717, 1.165) is 22.3 Å². The fourth-order valence-electron chi connectivity index (χ4n) is 2.42. The van der Waals surface area contributed by atoms with Gasteiger partial charge in [0.05, 0.1) is 11.1 Å². The van der Waals surface area contributed by atoms with Gasteiger partial charge >= 0.3 is 10.1 Å². The summed E-state index contributed by atoms with van der Waals surface area (Å²) >= 11 is 0. The van der Waals surface area contributed by atoms with Gasteiger partial charge in [-0.05, 0) is 35.7 Å². The van der Waals surface area contributed by atoms with Crippen LogP contribution in [0.15, 0.2) is 94.0 Å². The molecule has 0 radical (unpaired) electrons. The summed E-state index contributed by atoms with van der Waals surface area (Å²) in [6.45, 7) is 1.85. The lowest BCUT2D eigenvalue weighted by Gasteiger charge is -2.06. The van der Waals surface area contributed by atoms with E-state index in [9.17, 15) is 8.42 Å². The number of aryl methyl sites for hydroxylation is 1. The second kappa shape index (κ2) is 9.13. The van der Waals surface area contributed by atoms with E-state index in [1.807, 2.05) is 61.5 Å². The van der Waals surface area contributed by atoms with E-state index in [4.69, 9.17) is 5.73 Å². The van der Waals surface area contributed by atoms with Crippen LogP contribution in [0.4, 0.5) is 0 Å². The molecule has 0 unspecified atom stereocenters. The molecule has 29 heavy (non-hydrogen) atoms. The van der Waals surface area contributed by atoms with Gasteiger partial charge < -0.3 is 5.73 Å². The van der Waals surface area contributed by atoms with Crippen molar-refractivity contribution in [2.45, 2.75) is 11.8 Å². The summed E-state index contributed by atoms with van der Waals surface area (Å²) in [7, 11) is -4.00. The molecule has 3 aromatic rings. The molecule has 0 aliphatic heterocycles. The van der Waals surface area contributed by atoms with Crippen LogP contribution in [0.2, 0.25) is 0 Å². The number of guanidine groups is 1. The number of benzene rings is 3. The maximum Gasteiger partial charge on any atom is 0.317 e. The molecule has 0 saturated heterocycles. The molecule has 0 saturated carbocycles. The SMILES string of the molecule is Cc1ccc(S(=O)(=O)ONC(N)=NN=Cc2ccc(-c3ccccc3)cc2)cc1. The minimum absolute atomic E-state index is 0.00501. The fraction of sp³-hybridized carbons (Fsp3) is 0.0476. The van der Waals surface area contributed by atoms with Gasteiger partial charge in [-0.1, -0.05) is 72.3 Å². The molecule has 3 aromatic carbocycles. The molecule has 8 heteroatoms. The highest BCUT2D eigenvalue weighted by Crippen LogP contribution is 2.18. The maximum absolute atomic E-state index is 12.1. The Balaban J connectivity index is 1.58. The number of hydroxylamine groups is 1. The van der Waals surface area contributed by atoms with Gasteiger partial charge in [-0.3, -0.25) is 0 Å². The molecule has 148 valence electrons.